The van der Waals surface area contributed by atoms with Crippen molar-refractivity contribution >= 4 is 40.8 Å². The SMILES string of the molecule is CC(Sc1ccc([N+](=O)[O-])cc1)C(=O)Nc1ccccc1CN1CCSCC1. The van der Waals surface area contributed by atoms with Crippen LogP contribution in [0.4, 0.5) is 11.4 Å². The smallest absolute Gasteiger partial charge is 0.269 e. The third-order valence-electron chi connectivity index (χ3n) is 4.50. The highest BCUT2D eigenvalue weighted by Gasteiger charge is 2.18. The van der Waals surface area contributed by atoms with E-state index in [4.69, 9.17) is 0 Å². The summed E-state index contributed by atoms with van der Waals surface area (Å²) in [6.45, 7) is 4.81. The minimum Gasteiger partial charge on any atom is -0.325 e. The molecule has 0 spiro atoms. The maximum atomic E-state index is 12.7. The Labute approximate surface area is 173 Å². The zero-order valence-corrected chi connectivity index (χ0v) is 17.3. The number of rotatable bonds is 7. The molecule has 1 fully saturated rings. The quantitative estimate of drug-likeness (QED) is 0.412. The summed E-state index contributed by atoms with van der Waals surface area (Å²) < 4.78 is 0. The highest BCUT2D eigenvalue weighted by molar-refractivity contribution is 8.00. The van der Waals surface area contributed by atoms with Gasteiger partial charge in [-0.05, 0) is 30.7 Å². The summed E-state index contributed by atoms with van der Waals surface area (Å²) in [5.74, 6) is 2.22. The number of hydrogen-bond acceptors (Lipinski definition) is 6. The normalized spacial score (nSPS) is 15.8. The molecule has 1 aliphatic rings. The van der Waals surface area contributed by atoms with Crippen molar-refractivity contribution in [3.05, 3.63) is 64.2 Å². The van der Waals surface area contributed by atoms with Gasteiger partial charge in [-0.3, -0.25) is 19.8 Å². The molecule has 0 saturated carbocycles. The fourth-order valence-corrected chi connectivity index (χ4v) is 4.76. The molecule has 2 aromatic carbocycles. The lowest BCUT2D eigenvalue weighted by atomic mass is 10.1. The molecule has 1 unspecified atom stereocenters. The minimum absolute atomic E-state index is 0.0477. The number of thioether (sulfide) groups is 2. The van der Waals surface area contributed by atoms with Crippen molar-refractivity contribution in [2.45, 2.75) is 23.6 Å². The van der Waals surface area contributed by atoms with E-state index in [2.05, 4.69) is 16.3 Å². The first-order valence-corrected chi connectivity index (χ1v) is 11.2. The molecule has 0 aliphatic carbocycles. The molecule has 3 rings (SSSR count). The third-order valence-corrected chi connectivity index (χ3v) is 6.56. The van der Waals surface area contributed by atoms with Crippen LogP contribution in [0.3, 0.4) is 0 Å². The van der Waals surface area contributed by atoms with E-state index in [1.165, 1.54) is 23.9 Å². The summed E-state index contributed by atoms with van der Waals surface area (Å²) in [7, 11) is 0. The fraction of sp³-hybridized carbons (Fsp3) is 0.350. The van der Waals surface area contributed by atoms with Crippen molar-refractivity contribution < 1.29 is 9.72 Å². The number of non-ortho nitro benzene ring substituents is 1. The molecular weight excluding hydrogens is 394 g/mol. The Bertz CT molecular complexity index is 824. The van der Waals surface area contributed by atoms with Crippen molar-refractivity contribution in [1.29, 1.82) is 0 Å². The van der Waals surface area contributed by atoms with Crippen LogP contribution in [0.15, 0.2) is 53.4 Å². The van der Waals surface area contributed by atoms with Crippen LogP contribution in [0.1, 0.15) is 12.5 Å². The zero-order chi connectivity index (χ0) is 19.9. The molecule has 1 amide bonds. The van der Waals surface area contributed by atoms with Crippen LogP contribution < -0.4 is 5.32 Å². The van der Waals surface area contributed by atoms with Gasteiger partial charge in [-0.2, -0.15) is 11.8 Å². The second-order valence-corrected chi connectivity index (χ2v) is 9.18. The Morgan fingerprint density at radius 3 is 2.57 bits per heavy atom. The van der Waals surface area contributed by atoms with Crippen LogP contribution >= 0.6 is 23.5 Å². The van der Waals surface area contributed by atoms with Gasteiger partial charge in [-0.1, -0.05) is 18.2 Å². The van der Waals surface area contributed by atoms with E-state index < -0.39 is 4.92 Å². The van der Waals surface area contributed by atoms with E-state index in [1.807, 2.05) is 36.9 Å². The zero-order valence-electron chi connectivity index (χ0n) is 15.7. The molecule has 28 heavy (non-hydrogen) atoms. The maximum Gasteiger partial charge on any atom is 0.269 e. The maximum absolute atomic E-state index is 12.7. The predicted molar refractivity (Wildman–Crippen MR) is 116 cm³/mol. The Kier molecular flexibility index (Phi) is 7.36. The lowest BCUT2D eigenvalue weighted by molar-refractivity contribution is -0.384. The van der Waals surface area contributed by atoms with Gasteiger partial charge in [0.2, 0.25) is 5.91 Å². The standard InChI is InChI=1S/C20H23N3O3S2/c1-15(28-18-8-6-17(7-9-18)23(25)26)20(24)21-19-5-3-2-4-16(19)14-22-10-12-27-13-11-22/h2-9,15H,10-14H2,1H3,(H,21,24). The van der Waals surface area contributed by atoms with Gasteiger partial charge in [-0.15, -0.1) is 11.8 Å². The van der Waals surface area contributed by atoms with Crippen molar-refractivity contribution in [1.82, 2.24) is 4.90 Å². The first-order chi connectivity index (χ1) is 13.5. The van der Waals surface area contributed by atoms with Crippen molar-refractivity contribution in [2.75, 3.05) is 29.9 Å². The Balaban J connectivity index is 1.61. The number of amides is 1. The van der Waals surface area contributed by atoms with Gasteiger partial charge in [0.15, 0.2) is 0 Å². The van der Waals surface area contributed by atoms with Crippen molar-refractivity contribution in [3.63, 3.8) is 0 Å². The largest absolute Gasteiger partial charge is 0.325 e. The number of para-hydroxylation sites is 1. The van der Waals surface area contributed by atoms with Crippen LogP contribution in [-0.4, -0.2) is 45.6 Å². The van der Waals surface area contributed by atoms with Gasteiger partial charge in [0.25, 0.3) is 5.69 Å². The fourth-order valence-electron chi connectivity index (χ4n) is 2.92. The van der Waals surface area contributed by atoms with Crippen LogP contribution in [0.2, 0.25) is 0 Å². The number of nitrogens with one attached hydrogen (secondary N) is 1. The van der Waals surface area contributed by atoms with Crippen LogP contribution in [-0.2, 0) is 11.3 Å². The van der Waals surface area contributed by atoms with Gasteiger partial charge >= 0.3 is 0 Å². The molecular formula is C20H23N3O3S2. The number of benzene rings is 2. The van der Waals surface area contributed by atoms with E-state index in [0.717, 1.165) is 47.3 Å². The molecule has 0 bridgehead atoms. The molecule has 148 valence electrons. The van der Waals surface area contributed by atoms with Crippen LogP contribution in [0.5, 0.6) is 0 Å². The number of hydrogen-bond donors (Lipinski definition) is 1. The minimum atomic E-state index is -0.428. The summed E-state index contributed by atoms with van der Waals surface area (Å²) in [5.41, 5.74) is 2.02. The topological polar surface area (TPSA) is 75.5 Å². The Hall–Kier alpha value is -2.03. The highest BCUT2D eigenvalue weighted by atomic mass is 32.2. The summed E-state index contributed by atoms with van der Waals surface area (Å²) >= 11 is 3.36. The van der Waals surface area contributed by atoms with Gasteiger partial charge in [0.1, 0.15) is 0 Å². The molecule has 2 aromatic rings. The van der Waals surface area contributed by atoms with E-state index in [1.54, 1.807) is 12.1 Å². The number of anilines is 1. The number of nitro groups is 1. The second kappa shape index (κ2) is 9.95. The van der Waals surface area contributed by atoms with Gasteiger partial charge in [0.05, 0.1) is 10.2 Å². The molecule has 8 heteroatoms. The van der Waals surface area contributed by atoms with Crippen molar-refractivity contribution in [2.24, 2.45) is 0 Å². The van der Waals surface area contributed by atoms with Crippen molar-refractivity contribution in [3.8, 4) is 0 Å². The first kappa shape index (κ1) is 20.7. The van der Waals surface area contributed by atoms with Gasteiger partial charge in [0, 0.05) is 53.9 Å². The molecule has 0 aromatic heterocycles. The van der Waals surface area contributed by atoms with E-state index >= 15 is 0 Å². The molecule has 1 heterocycles. The van der Waals surface area contributed by atoms with E-state index in [-0.39, 0.29) is 16.8 Å². The molecule has 6 nitrogen and oxygen atoms in total. The predicted octanol–water partition coefficient (Wildman–Crippen LogP) is 4.26. The molecule has 0 radical (unpaired) electrons. The number of nitro benzene ring substituents is 1. The third kappa shape index (κ3) is 5.73. The summed E-state index contributed by atoms with van der Waals surface area (Å²) in [4.78, 5) is 26.2. The average molecular weight is 418 g/mol. The number of nitrogens with zero attached hydrogens (tertiary/aromatic N) is 2. The van der Waals surface area contributed by atoms with Crippen LogP contribution in [0.25, 0.3) is 0 Å². The second-order valence-electron chi connectivity index (χ2n) is 6.55. The lowest BCUT2D eigenvalue weighted by Crippen LogP contribution is -2.32. The lowest BCUT2D eigenvalue weighted by Gasteiger charge is -2.27. The Morgan fingerprint density at radius 2 is 1.89 bits per heavy atom. The number of carbonyl (C=O) groups is 1. The number of carbonyl (C=O) groups excluding carboxylic acids is 1. The highest BCUT2D eigenvalue weighted by Crippen LogP contribution is 2.27. The summed E-state index contributed by atoms with van der Waals surface area (Å²) in [6, 6.07) is 14.2. The van der Waals surface area contributed by atoms with E-state index in [0.29, 0.717) is 0 Å². The molecule has 1 atom stereocenters. The first-order valence-electron chi connectivity index (χ1n) is 9.13. The molecule has 1 saturated heterocycles. The molecule has 1 aliphatic heterocycles. The van der Waals surface area contributed by atoms with Gasteiger partial charge < -0.3 is 5.32 Å². The Morgan fingerprint density at radius 1 is 1.21 bits per heavy atom. The van der Waals surface area contributed by atoms with Gasteiger partial charge in [-0.25, -0.2) is 0 Å². The average Bonchev–Trinajstić information content (AvgIpc) is 2.70. The summed E-state index contributed by atoms with van der Waals surface area (Å²) in [6.07, 6.45) is 0. The van der Waals surface area contributed by atoms with E-state index in [9.17, 15) is 14.9 Å². The van der Waals surface area contributed by atoms with Crippen LogP contribution in [0, 0.1) is 10.1 Å². The monoisotopic (exact) mass is 417 g/mol. The summed E-state index contributed by atoms with van der Waals surface area (Å²) in [5, 5.41) is 13.5. The molecule has 1 N–H and O–H groups in total.